The number of sulfonamides is 1. The monoisotopic (exact) mass is 494 g/mol. The number of aryl methyl sites for hydroxylation is 1. The van der Waals surface area contributed by atoms with Crippen molar-refractivity contribution in [1.82, 2.24) is 10.2 Å². The normalized spacial score (nSPS) is 11.5. The van der Waals surface area contributed by atoms with E-state index >= 15 is 0 Å². The van der Waals surface area contributed by atoms with E-state index in [9.17, 15) is 17.6 Å². The number of thioether (sulfide) groups is 1. The number of carbonyl (C=O) groups is 1. The number of rotatable bonds is 9. The third-order valence-corrected chi connectivity index (χ3v) is 8.39. The maximum atomic E-state index is 13.4. The van der Waals surface area contributed by atoms with Crippen molar-refractivity contribution in [3.63, 3.8) is 0 Å². The predicted molar refractivity (Wildman–Crippen MR) is 126 cm³/mol. The first-order valence-corrected chi connectivity index (χ1v) is 13.0. The van der Waals surface area contributed by atoms with E-state index in [1.807, 2.05) is 6.92 Å². The zero-order chi connectivity index (χ0) is 23.3. The summed E-state index contributed by atoms with van der Waals surface area (Å²) in [6.07, 6.45) is 0. The number of carbonyl (C=O) groups excluding carboxylic acids is 1. The highest BCUT2D eigenvalue weighted by molar-refractivity contribution is 8.01. The third kappa shape index (κ3) is 6.27. The van der Waals surface area contributed by atoms with Crippen molar-refractivity contribution in [2.75, 3.05) is 21.9 Å². The lowest BCUT2D eigenvalue weighted by Crippen LogP contribution is -2.38. The molecule has 11 heteroatoms. The van der Waals surface area contributed by atoms with Gasteiger partial charge in [0.1, 0.15) is 12.4 Å². The van der Waals surface area contributed by atoms with Gasteiger partial charge in [-0.2, -0.15) is 0 Å². The quantitative estimate of drug-likeness (QED) is 0.346. The van der Waals surface area contributed by atoms with Crippen LogP contribution in [0.4, 0.5) is 15.2 Å². The maximum Gasteiger partial charge on any atom is 0.264 e. The summed E-state index contributed by atoms with van der Waals surface area (Å²) < 4.78 is 41.7. The zero-order valence-electron chi connectivity index (χ0n) is 17.8. The highest BCUT2D eigenvalue weighted by Gasteiger charge is 2.27. The molecule has 1 N–H and O–H groups in total. The Morgan fingerprint density at radius 2 is 1.78 bits per heavy atom. The van der Waals surface area contributed by atoms with Crippen molar-refractivity contribution in [2.45, 2.75) is 30.0 Å². The van der Waals surface area contributed by atoms with Crippen LogP contribution in [0.5, 0.6) is 0 Å². The molecule has 0 aliphatic heterocycles. The Morgan fingerprint density at radius 1 is 1.12 bits per heavy atom. The molecule has 1 amide bonds. The molecule has 0 aliphatic carbocycles. The molecule has 1 heterocycles. The van der Waals surface area contributed by atoms with Gasteiger partial charge in [0.2, 0.25) is 11.0 Å². The van der Waals surface area contributed by atoms with Crippen LogP contribution in [0, 0.1) is 18.7 Å². The first kappa shape index (κ1) is 24.1. The minimum absolute atomic E-state index is 0.0310. The lowest BCUT2D eigenvalue weighted by atomic mass is 10.2. The number of halogens is 1. The average Bonchev–Trinajstić information content (AvgIpc) is 3.19. The fraction of sp³-hybridized carbons (Fsp3) is 0.286. The van der Waals surface area contributed by atoms with Gasteiger partial charge in [0.15, 0.2) is 4.34 Å². The fourth-order valence-corrected chi connectivity index (χ4v) is 5.77. The predicted octanol–water partition coefficient (Wildman–Crippen LogP) is 4.57. The Balaban J connectivity index is 1.82. The number of anilines is 2. The van der Waals surface area contributed by atoms with Crippen molar-refractivity contribution in [1.29, 1.82) is 0 Å². The summed E-state index contributed by atoms with van der Waals surface area (Å²) in [5.74, 6) is 0.265. The van der Waals surface area contributed by atoms with E-state index in [-0.39, 0.29) is 15.7 Å². The molecular weight excluding hydrogens is 471 g/mol. The smallest absolute Gasteiger partial charge is 0.264 e. The van der Waals surface area contributed by atoms with Crippen LogP contribution in [-0.4, -0.2) is 36.8 Å². The molecule has 7 nitrogen and oxygen atoms in total. The van der Waals surface area contributed by atoms with Crippen LogP contribution in [0.15, 0.2) is 57.8 Å². The molecule has 3 rings (SSSR count). The maximum absolute atomic E-state index is 13.4. The highest BCUT2D eigenvalue weighted by atomic mass is 32.2. The third-order valence-electron chi connectivity index (χ3n) is 4.20. The molecular formula is C21H23FN4O3S3. The van der Waals surface area contributed by atoms with E-state index < -0.39 is 28.3 Å². The second-order valence-electron chi connectivity index (χ2n) is 7.43. The van der Waals surface area contributed by atoms with Crippen LogP contribution in [-0.2, 0) is 14.8 Å². The van der Waals surface area contributed by atoms with Gasteiger partial charge in [-0.15, -0.1) is 10.2 Å². The molecule has 170 valence electrons. The summed E-state index contributed by atoms with van der Waals surface area (Å²) in [4.78, 5) is 12.7. The van der Waals surface area contributed by atoms with E-state index in [0.717, 1.165) is 32.1 Å². The van der Waals surface area contributed by atoms with Crippen LogP contribution >= 0.6 is 23.1 Å². The minimum atomic E-state index is -4.07. The Labute approximate surface area is 195 Å². The number of hydrogen-bond acceptors (Lipinski definition) is 7. The first-order chi connectivity index (χ1) is 15.1. The number of benzene rings is 2. The summed E-state index contributed by atoms with van der Waals surface area (Å²) in [6, 6.07) is 11.2. The molecule has 0 saturated carbocycles. The second-order valence-corrected chi connectivity index (χ2v) is 11.5. The van der Waals surface area contributed by atoms with Crippen molar-refractivity contribution in [3.05, 3.63) is 59.9 Å². The summed E-state index contributed by atoms with van der Waals surface area (Å²) >= 11 is 2.77. The van der Waals surface area contributed by atoms with Gasteiger partial charge < -0.3 is 0 Å². The topological polar surface area (TPSA) is 92.3 Å². The van der Waals surface area contributed by atoms with Crippen molar-refractivity contribution >= 4 is 49.8 Å². The zero-order valence-corrected chi connectivity index (χ0v) is 20.2. The molecule has 2 aromatic carbocycles. The number of hydrogen-bond donors (Lipinski definition) is 1. The van der Waals surface area contributed by atoms with Gasteiger partial charge in [-0.05, 0) is 49.2 Å². The van der Waals surface area contributed by atoms with Crippen LogP contribution in [0.1, 0.15) is 19.4 Å². The van der Waals surface area contributed by atoms with Crippen molar-refractivity contribution in [2.24, 2.45) is 5.92 Å². The van der Waals surface area contributed by atoms with E-state index in [4.69, 9.17) is 0 Å². The Kier molecular flexibility index (Phi) is 7.86. The SMILES string of the molecule is Cc1ccc(S(=O)(=O)N(CC(=O)Nc2nnc(SCC(C)C)s2)c2ccc(F)cc2)cc1. The number of nitrogens with zero attached hydrogens (tertiary/aromatic N) is 3. The van der Waals surface area contributed by atoms with Crippen molar-refractivity contribution in [3.8, 4) is 0 Å². The van der Waals surface area contributed by atoms with Crippen LogP contribution < -0.4 is 9.62 Å². The minimum Gasteiger partial charge on any atom is -0.299 e. The Hall–Kier alpha value is -2.50. The highest BCUT2D eigenvalue weighted by Crippen LogP contribution is 2.28. The molecule has 3 aromatic rings. The number of nitrogens with one attached hydrogen (secondary N) is 1. The van der Waals surface area contributed by atoms with E-state index in [1.165, 1.54) is 35.6 Å². The molecule has 0 unspecified atom stereocenters. The standard InChI is InChI=1S/C21H23FN4O3S3/c1-14(2)13-30-21-25-24-20(31-21)23-19(27)12-26(17-8-6-16(22)7-9-17)32(28,29)18-10-4-15(3)5-11-18/h4-11,14H,12-13H2,1-3H3,(H,23,24,27). The summed E-state index contributed by atoms with van der Waals surface area (Å²) in [5.41, 5.74) is 1.07. The second kappa shape index (κ2) is 10.4. The van der Waals surface area contributed by atoms with Gasteiger partial charge in [0.05, 0.1) is 10.6 Å². The Bertz CT molecular complexity index is 1160. The van der Waals surface area contributed by atoms with E-state index in [0.29, 0.717) is 5.92 Å². The largest absolute Gasteiger partial charge is 0.299 e. The molecule has 0 radical (unpaired) electrons. The molecule has 1 aromatic heterocycles. The summed E-state index contributed by atoms with van der Waals surface area (Å²) in [7, 11) is -4.07. The average molecular weight is 495 g/mol. The molecule has 0 atom stereocenters. The summed E-state index contributed by atoms with van der Waals surface area (Å²) in [5, 5.41) is 10.9. The molecule has 0 aliphatic rings. The van der Waals surface area contributed by atoms with Gasteiger partial charge in [-0.3, -0.25) is 14.4 Å². The lowest BCUT2D eigenvalue weighted by molar-refractivity contribution is -0.114. The van der Waals surface area contributed by atoms with Gasteiger partial charge in [0, 0.05) is 5.75 Å². The van der Waals surface area contributed by atoms with Gasteiger partial charge in [-0.25, -0.2) is 12.8 Å². The van der Waals surface area contributed by atoms with Crippen LogP contribution in [0.2, 0.25) is 0 Å². The van der Waals surface area contributed by atoms with Gasteiger partial charge in [-0.1, -0.05) is 54.6 Å². The van der Waals surface area contributed by atoms with Crippen LogP contribution in [0.3, 0.4) is 0 Å². The molecule has 0 fully saturated rings. The van der Waals surface area contributed by atoms with Crippen LogP contribution in [0.25, 0.3) is 0 Å². The van der Waals surface area contributed by atoms with Gasteiger partial charge in [0.25, 0.3) is 10.0 Å². The van der Waals surface area contributed by atoms with E-state index in [1.54, 1.807) is 23.9 Å². The first-order valence-electron chi connectivity index (χ1n) is 9.76. The molecule has 32 heavy (non-hydrogen) atoms. The Morgan fingerprint density at radius 3 is 2.41 bits per heavy atom. The molecule has 0 bridgehead atoms. The summed E-state index contributed by atoms with van der Waals surface area (Å²) in [6.45, 7) is 5.53. The van der Waals surface area contributed by atoms with Gasteiger partial charge >= 0.3 is 0 Å². The fourth-order valence-electron chi connectivity index (χ4n) is 2.61. The number of aromatic nitrogens is 2. The molecule has 0 saturated heterocycles. The van der Waals surface area contributed by atoms with Crippen molar-refractivity contribution < 1.29 is 17.6 Å². The number of amides is 1. The van der Waals surface area contributed by atoms with E-state index in [2.05, 4.69) is 29.4 Å². The molecule has 0 spiro atoms. The lowest BCUT2D eigenvalue weighted by Gasteiger charge is -2.24.